The van der Waals surface area contributed by atoms with Gasteiger partial charge in [0.2, 0.25) is 0 Å². The van der Waals surface area contributed by atoms with Crippen molar-refractivity contribution in [3.05, 3.63) is 25.7 Å². The van der Waals surface area contributed by atoms with Gasteiger partial charge in [-0.15, -0.1) is 0 Å². The molecule has 1 N–H and O–H groups in total. The van der Waals surface area contributed by atoms with Gasteiger partial charge in [0.1, 0.15) is 23.3 Å². The minimum atomic E-state index is -0.223. The van der Waals surface area contributed by atoms with Gasteiger partial charge in [0.25, 0.3) is 0 Å². The molecule has 0 aliphatic carbocycles. The van der Waals surface area contributed by atoms with E-state index in [1.54, 1.807) is 0 Å². The lowest BCUT2D eigenvalue weighted by molar-refractivity contribution is 0.201. The first-order chi connectivity index (χ1) is 7.54. The van der Waals surface area contributed by atoms with E-state index in [1.807, 2.05) is 6.07 Å². The van der Waals surface area contributed by atoms with Crippen molar-refractivity contribution >= 4 is 46.4 Å². The standard InChI is InChI=1S/C9H5Cl4NO2/c10-5-4(3-14)9(16-2-1-15)8(13)7(12)6(5)11/h15H,1-2H2. The molecule has 0 aliphatic rings. The Hall–Kier alpha value is -0.370. The zero-order chi connectivity index (χ0) is 12.3. The van der Waals surface area contributed by atoms with Crippen LogP contribution in [0.1, 0.15) is 5.56 Å². The number of rotatable bonds is 3. The minimum absolute atomic E-state index is 0.000988. The van der Waals surface area contributed by atoms with Crippen molar-refractivity contribution in [2.45, 2.75) is 0 Å². The van der Waals surface area contributed by atoms with Crippen LogP contribution in [0, 0.1) is 11.3 Å². The number of hydrogen-bond donors (Lipinski definition) is 1. The first-order valence-electron chi connectivity index (χ1n) is 4.04. The number of hydrogen-bond acceptors (Lipinski definition) is 3. The van der Waals surface area contributed by atoms with Crippen molar-refractivity contribution in [1.29, 1.82) is 5.26 Å². The fourth-order valence-electron chi connectivity index (χ4n) is 0.995. The average Bonchev–Trinajstić information content (AvgIpc) is 2.29. The maximum atomic E-state index is 8.90. The van der Waals surface area contributed by atoms with E-state index in [0.717, 1.165) is 0 Å². The molecule has 0 fully saturated rings. The Morgan fingerprint density at radius 3 is 2.12 bits per heavy atom. The van der Waals surface area contributed by atoms with Gasteiger partial charge >= 0.3 is 0 Å². The van der Waals surface area contributed by atoms with Crippen molar-refractivity contribution in [3.63, 3.8) is 0 Å². The fourth-order valence-corrected chi connectivity index (χ4v) is 1.93. The molecule has 86 valence electrons. The van der Waals surface area contributed by atoms with E-state index in [4.69, 9.17) is 61.5 Å². The van der Waals surface area contributed by atoms with Crippen molar-refractivity contribution < 1.29 is 9.84 Å². The smallest absolute Gasteiger partial charge is 0.158 e. The summed E-state index contributed by atoms with van der Waals surface area (Å²) in [5.41, 5.74) is -0.00508. The highest BCUT2D eigenvalue weighted by Crippen LogP contribution is 2.45. The second-order valence-electron chi connectivity index (χ2n) is 2.64. The molecule has 16 heavy (non-hydrogen) atoms. The molecule has 0 radical (unpaired) electrons. The predicted molar refractivity (Wildman–Crippen MR) is 63.8 cm³/mol. The van der Waals surface area contributed by atoms with Crippen LogP contribution in [0.2, 0.25) is 20.1 Å². The van der Waals surface area contributed by atoms with Crippen LogP contribution in [0.4, 0.5) is 0 Å². The number of nitrogens with zero attached hydrogens (tertiary/aromatic N) is 1. The molecule has 1 rings (SSSR count). The SMILES string of the molecule is N#Cc1c(Cl)c(Cl)c(Cl)c(Cl)c1OCCO. The summed E-state index contributed by atoms with van der Waals surface area (Å²) in [5.74, 6) is 0.0256. The molecule has 0 spiro atoms. The Balaban J connectivity index is 3.40. The maximum absolute atomic E-state index is 8.90. The summed E-state index contributed by atoms with van der Waals surface area (Å²) >= 11 is 23.2. The first-order valence-corrected chi connectivity index (χ1v) is 5.55. The number of aliphatic hydroxyl groups excluding tert-OH is 1. The third kappa shape index (κ3) is 2.48. The van der Waals surface area contributed by atoms with E-state index in [2.05, 4.69) is 0 Å². The number of halogens is 4. The molecule has 0 aliphatic heterocycles. The summed E-state index contributed by atoms with van der Waals surface area (Å²) < 4.78 is 5.09. The lowest BCUT2D eigenvalue weighted by Gasteiger charge is -2.12. The largest absolute Gasteiger partial charge is 0.488 e. The lowest BCUT2D eigenvalue weighted by Crippen LogP contribution is -2.04. The van der Waals surface area contributed by atoms with Crippen LogP contribution in [0.3, 0.4) is 0 Å². The van der Waals surface area contributed by atoms with E-state index in [0.29, 0.717) is 0 Å². The molecular weight excluding hydrogens is 296 g/mol. The molecule has 0 saturated carbocycles. The summed E-state index contributed by atoms with van der Waals surface area (Å²) in [6.07, 6.45) is 0. The number of ether oxygens (including phenoxy) is 1. The Morgan fingerprint density at radius 1 is 1.06 bits per heavy atom. The fraction of sp³-hybridized carbons (Fsp3) is 0.222. The Morgan fingerprint density at radius 2 is 1.62 bits per heavy atom. The normalized spacial score (nSPS) is 10.0. The van der Waals surface area contributed by atoms with Crippen LogP contribution in [-0.2, 0) is 0 Å². The minimum Gasteiger partial charge on any atom is -0.488 e. The van der Waals surface area contributed by atoms with Gasteiger partial charge < -0.3 is 9.84 Å². The Bertz CT molecular complexity index is 456. The van der Waals surface area contributed by atoms with Gasteiger partial charge in [-0.2, -0.15) is 5.26 Å². The molecule has 3 nitrogen and oxygen atoms in total. The van der Waals surface area contributed by atoms with E-state index < -0.39 is 0 Å². The van der Waals surface area contributed by atoms with Gasteiger partial charge in [0.15, 0.2) is 5.75 Å². The number of benzene rings is 1. The lowest BCUT2D eigenvalue weighted by atomic mass is 10.2. The van der Waals surface area contributed by atoms with Crippen LogP contribution in [0.15, 0.2) is 0 Å². The summed E-state index contributed by atoms with van der Waals surface area (Å²) in [5, 5.41) is 17.5. The quantitative estimate of drug-likeness (QED) is 0.686. The summed E-state index contributed by atoms with van der Waals surface area (Å²) in [4.78, 5) is 0. The zero-order valence-corrected chi connectivity index (χ0v) is 10.8. The monoisotopic (exact) mass is 299 g/mol. The van der Waals surface area contributed by atoms with E-state index in [1.165, 1.54) is 0 Å². The van der Waals surface area contributed by atoms with Gasteiger partial charge in [-0.25, -0.2) is 0 Å². The van der Waals surface area contributed by atoms with Crippen LogP contribution in [-0.4, -0.2) is 18.3 Å². The molecule has 0 aromatic heterocycles. The Kier molecular flexibility index (Phi) is 4.97. The summed E-state index contributed by atoms with van der Waals surface area (Å²) in [7, 11) is 0. The van der Waals surface area contributed by atoms with E-state index in [9.17, 15) is 0 Å². The van der Waals surface area contributed by atoms with Gasteiger partial charge in [-0.3, -0.25) is 0 Å². The van der Waals surface area contributed by atoms with Crippen LogP contribution in [0.25, 0.3) is 0 Å². The highest BCUT2D eigenvalue weighted by Gasteiger charge is 2.21. The molecule has 0 heterocycles. The highest BCUT2D eigenvalue weighted by molar-refractivity contribution is 6.52. The number of nitriles is 1. The van der Waals surface area contributed by atoms with E-state index in [-0.39, 0.29) is 44.6 Å². The molecule has 0 unspecified atom stereocenters. The molecule has 7 heteroatoms. The van der Waals surface area contributed by atoms with Gasteiger partial charge in [-0.1, -0.05) is 46.4 Å². The van der Waals surface area contributed by atoms with Crippen LogP contribution in [0.5, 0.6) is 5.75 Å². The van der Waals surface area contributed by atoms with Gasteiger partial charge in [0.05, 0.1) is 21.7 Å². The predicted octanol–water partition coefficient (Wildman–Crippen LogP) is 3.54. The summed E-state index contributed by atoms with van der Waals surface area (Å²) in [6, 6.07) is 1.82. The molecule has 0 atom stereocenters. The van der Waals surface area contributed by atoms with Crippen molar-refractivity contribution in [1.82, 2.24) is 0 Å². The van der Waals surface area contributed by atoms with Crippen LogP contribution < -0.4 is 4.74 Å². The topological polar surface area (TPSA) is 53.2 Å². The molecule has 0 bridgehead atoms. The van der Waals surface area contributed by atoms with Gasteiger partial charge in [-0.05, 0) is 0 Å². The number of aliphatic hydroxyl groups is 1. The molecule has 0 saturated heterocycles. The third-order valence-electron chi connectivity index (χ3n) is 1.67. The van der Waals surface area contributed by atoms with Crippen molar-refractivity contribution in [2.75, 3.05) is 13.2 Å². The second kappa shape index (κ2) is 5.81. The van der Waals surface area contributed by atoms with Crippen molar-refractivity contribution in [3.8, 4) is 11.8 Å². The van der Waals surface area contributed by atoms with E-state index >= 15 is 0 Å². The highest BCUT2D eigenvalue weighted by atomic mass is 35.5. The average molecular weight is 301 g/mol. The van der Waals surface area contributed by atoms with Crippen molar-refractivity contribution in [2.24, 2.45) is 0 Å². The third-order valence-corrected chi connectivity index (χ3v) is 3.46. The van der Waals surface area contributed by atoms with Gasteiger partial charge in [0, 0.05) is 0 Å². The Labute approximate surface area is 112 Å². The molecule has 1 aromatic carbocycles. The molecular formula is C9H5Cl4NO2. The maximum Gasteiger partial charge on any atom is 0.158 e. The second-order valence-corrected chi connectivity index (χ2v) is 4.16. The zero-order valence-electron chi connectivity index (χ0n) is 7.73. The van der Waals surface area contributed by atoms with Crippen LogP contribution >= 0.6 is 46.4 Å². The molecule has 1 aromatic rings. The molecule has 0 amide bonds. The first kappa shape index (κ1) is 13.7. The summed E-state index contributed by atoms with van der Waals surface area (Å²) in [6.45, 7) is -0.248.